The quantitative estimate of drug-likeness (QED) is 0.385. The van der Waals surface area contributed by atoms with E-state index < -0.39 is 0 Å². The summed E-state index contributed by atoms with van der Waals surface area (Å²) in [7, 11) is 0. The lowest BCUT2D eigenvalue weighted by atomic mass is 10.2. The molecule has 150 valence electrons. The Labute approximate surface area is 188 Å². The van der Waals surface area contributed by atoms with Crippen molar-refractivity contribution in [2.45, 2.75) is 13.5 Å². The predicted octanol–water partition coefficient (Wildman–Crippen LogP) is 6.69. The van der Waals surface area contributed by atoms with Crippen molar-refractivity contribution >= 4 is 56.4 Å². The van der Waals surface area contributed by atoms with Crippen LogP contribution in [0.25, 0.3) is 0 Å². The van der Waals surface area contributed by atoms with Crippen LogP contribution in [0.15, 0.2) is 65.1 Å². The molecule has 0 bridgehead atoms. The average Bonchev–Trinajstić information content (AvgIpc) is 2.70. The number of carbonyl (C=O) groups is 1. The first-order valence-corrected chi connectivity index (χ1v) is 10.4. The van der Waals surface area contributed by atoms with E-state index in [2.05, 4.69) is 26.6 Å². The number of amides is 1. The van der Waals surface area contributed by atoms with E-state index in [9.17, 15) is 4.79 Å². The fraction of sp³-hybridized carbons (Fsp3) is 0.136. The van der Waals surface area contributed by atoms with E-state index in [1.807, 2.05) is 43.3 Å². The number of para-hydroxylation sites is 1. The van der Waals surface area contributed by atoms with E-state index in [0.29, 0.717) is 23.0 Å². The number of anilines is 2. The number of aryl methyl sites for hydroxylation is 1. The summed E-state index contributed by atoms with van der Waals surface area (Å²) in [4.78, 5) is 12.1. The van der Waals surface area contributed by atoms with E-state index in [1.165, 1.54) is 0 Å². The third-order valence-corrected chi connectivity index (χ3v) is 5.53. The molecule has 2 N–H and O–H groups in total. The molecule has 0 radical (unpaired) electrons. The standard InChI is InChI=1S/C22H19BrCl2N2O2/c1-14-6-8-16(11-19(14)25)26-12-15-7-9-21(17(23)10-15)29-13-22(28)27-20-5-3-2-4-18(20)24/h2-11,26H,12-13H2,1H3,(H,27,28). The molecule has 0 saturated carbocycles. The normalized spacial score (nSPS) is 10.5. The smallest absolute Gasteiger partial charge is 0.262 e. The van der Waals surface area contributed by atoms with Gasteiger partial charge in [-0.15, -0.1) is 0 Å². The molecule has 29 heavy (non-hydrogen) atoms. The van der Waals surface area contributed by atoms with Gasteiger partial charge in [0.15, 0.2) is 6.61 Å². The minimum atomic E-state index is -0.285. The van der Waals surface area contributed by atoms with Crippen molar-refractivity contribution in [3.8, 4) is 5.75 Å². The summed E-state index contributed by atoms with van der Waals surface area (Å²) in [5, 5.41) is 7.27. The molecule has 0 heterocycles. The fourth-order valence-corrected chi connectivity index (χ4v) is 3.47. The Hall–Kier alpha value is -2.21. The summed E-state index contributed by atoms with van der Waals surface area (Å²) < 4.78 is 6.39. The van der Waals surface area contributed by atoms with Crippen LogP contribution in [0.4, 0.5) is 11.4 Å². The zero-order chi connectivity index (χ0) is 20.8. The van der Waals surface area contributed by atoms with Crippen molar-refractivity contribution in [2.24, 2.45) is 0 Å². The van der Waals surface area contributed by atoms with Crippen molar-refractivity contribution in [1.82, 2.24) is 0 Å². The Morgan fingerprint density at radius 1 is 1.03 bits per heavy atom. The third-order valence-electron chi connectivity index (χ3n) is 4.17. The van der Waals surface area contributed by atoms with Gasteiger partial charge < -0.3 is 15.4 Å². The fourth-order valence-electron chi connectivity index (χ4n) is 2.57. The van der Waals surface area contributed by atoms with Gasteiger partial charge in [-0.25, -0.2) is 0 Å². The molecule has 0 spiro atoms. The molecule has 7 heteroatoms. The molecule has 0 aliphatic carbocycles. The monoisotopic (exact) mass is 492 g/mol. The number of carbonyl (C=O) groups excluding carboxylic acids is 1. The maximum absolute atomic E-state index is 12.1. The summed E-state index contributed by atoms with van der Waals surface area (Å²) in [6, 6.07) is 18.6. The number of nitrogens with one attached hydrogen (secondary N) is 2. The lowest BCUT2D eigenvalue weighted by molar-refractivity contribution is -0.118. The summed E-state index contributed by atoms with van der Waals surface area (Å²) >= 11 is 15.7. The number of benzene rings is 3. The topological polar surface area (TPSA) is 50.4 Å². The van der Waals surface area contributed by atoms with Crippen molar-refractivity contribution in [1.29, 1.82) is 0 Å². The highest BCUT2D eigenvalue weighted by molar-refractivity contribution is 9.10. The molecule has 0 aliphatic rings. The highest BCUT2D eigenvalue weighted by Crippen LogP contribution is 2.27. The van der Waals surface area contributed by atoms with Gasteiger partial charge in [0, 0.05) is 17.3 Å². The first-order chi connectivity index (χ1) is 13.9. The van der Waals surface area contributed by atoms with Crippen LogP contribution < -0.4 is 15.4 Å². The minimum Gasteiger partial charge on any atom is -0.483 e. The van der Waals surface area contributed by atoms with Gasteiger partial charge in [0.2, 0.25) is 0 Å². The molecule has 3 rings (SSSR count). The Balaban J connectivity index is 1.54. The van der Waals surface area contributed by atoms with E-state index in [-0.39, 0.29) is 12.5 Å². The van der Waals surface area contributed by atoms with Crippen LogP contribution in [-0.4, -0.2) is 12.5 Å². The van der Waals surface area contributed by atoms with Crippen LogP contribution in [0.3, 0.4) is 0 Å². The van der Waals surface area contributed by atoms with E-state index >= 15 is 0 Å². The zero-order valence-electron chi connectivity index (χ0n) is 15.6. The maximum Gasteiger partial charge on any atom is 0.262 e. The van der Waals surface area contributed by atoms with Crippen LogP contribution in [-0.2, 0) is 11.3 Å². The molecule has 0 atom stereocenters. The van der Waals surface area contributed by atoms with Gasteiger partial charge in [-0.1, -0.05) is 47.5 Å². The average molecular weight is 494 g/mol. The second-order valence-electron chi connectivity index (χ2n) is 6.40. The van der Waals surface area contributed by atoms with Gasteiger partial charge in [-0.05, 0) is 70.4 Å². The van der Waals surface area contributed by atoms with Crippen LogP contribution in [0.1, 0.15) is 11.1 Å². The highest BCUT2D eigenvalue weighted by Gasteiger charge is 2.09. The summed E-state index contributed by atoms with van der Waals surface area (Å²) in [6.07, 6.45) is 0. The van der Waals surface area contributed by atoms with Crippen LogP contribution in [0, 0.1) is 6.92 Å². The third kappa shape index (κ3) is 6.13. The van der Waals surface area contributed by atoms with Crippen LogP contribution in [0.2, 0.25) is 10.0 Å². The molecule has 0 aromatic heterocycles. The number of rotatable bonds is 7. The van der Waals surface area contributed by atoms with Crippen molar-refractivity contribution < 1.29 is 9.53 Å². The molecule has 0 unspecified atom stereocenters. The van der Waals surface area contributed by atoms with Crippen molar-refractivity contribution in [2.75, 3.05) is 17.2 Å². The molecule has 3 aromatic rings. The lowest BCUT2D eigenvalue weighted by Gasteiger charge is -2.12. The van der Waals surface area contributed by atoms with Crippen LogP contribution in [0.5, 0.6) is 5.75 Å². The largest absolute Gasteiger partial charge is 0.483 e. The number of hydrogen-bond donors (Lipinski definition) is 2. The molecular weight excluding hydrogens is 475 g/mol. The van der Waals surface area contributed by atoms with Gasteiger partial charge in [-0.2, -0.15) is 0 Å². The Morgan fingerprint density at radius 2 is 1.83 bits per heavy atom. The molecule has 0 aliphatic heterocycles. The Kier molecular flexibility index (Phi) is 7.42. The molecular formula is C22H19BrCl2N2O2. The molecule has 0 fully saturated rings. The predicted molar refractivity (Wildman–Crippen MR) is 123 cm³/mol. The molecule has 3 aromatic carbocycles. The molecule has 4 nitrogen and oxygen atoms in total. The van der Waals surface area contributed by atoms with E-state index in [4.69, 9.17) is 27.9 Å². The van der Waals surface area contributed by atoms with Gasteiger partial charge in [0.1, 0.15) is 5.75 Å². The number of ether oxygens (including phenoxy) is 1. The SMILES string of the molecule is Cc1ccc(NCc2ccc(OCC(=O)Nc3ccccc3Cl)c(Br)c2)cc1Cl. The first-order valence-electron chi connectivity index (χ1n) is 8.88. The summed E-state index contributed by atoms with van der Waals surface area (Å²) in [6.45, 7) is 2.48. The zero-order valence-corrected chi connectivity index (χ0v) is 18.7. The molecule has 0 saturated heterocycles. The van der Waals surface area contributed by atoms with Gasteiger partial charge in [-0.3, -0.25) is 4.79 Å². The van der Waals surface area contributed by atoms with Gasteiger partial charge in [0.25, 0.3) is 5.91 Å². The van der Waals surface area contributed by atoms with Gasteiger partial charge in [0.05, 0.1) is 15.2 Å². The summed E-state index contributed by atoms with van der Waals surface area (Å²) in [5.74, 6) is 0.299. The first kappa shape index (κ1) is 21.5. The van der Waals surface area contributed by atoms with Crippen molar-refractivity contribution in [3.05, 3.63) is 86.3 Å². The van der Waals surface area contributed by atoms with Gasteiger partial charge >= 0.3 is 0 Å². The van der Waals surface area contributed by atoms with Crippen molar-refractivity contribution in [3.63, 3.8) is 0 Å². The highest BCUT2D eigenvalue weighted by atomic mass is 79.9. The van der Waals surface area contributed by atoms with E-state index in [0.717, 1.165) is 26.3 Å². The molecule has 1 amide bonds. The van der Waals surface area contributed by atoms with E-state index in [1.54, 1.807) is 24.3 Å². The maximum atomic E-state index is 12.1. The Bertz CT molecular complexity index is 1030. The Morgan fingerprint density at radius 3 is 2.55 bits per heavy atom. The minimum absolute atomic E-state index is 0.122. The van der Waals surface area contributed by atoms with Crippen LogP contribution >= 0.6 is 39.1 Å². The number of hydrogen-bond acceptors (Lipinski definition) is 3. The number of halogens is 3. The second kappa shape index (κ2) is 10.0. The lowest BCUT2D eigenvalue weighted by Crippen LogP contribution is -2.20. The summed E-state index contributed by atoms with van der Waals surface area (Å²) in [5.41, 5.74) is 3.61. The second-order valence-corrected chi connectivity index (χ2v) is 8.07.